The first kappa shape index (κ1) is 23.1. The van der Waals surface area contributed by atoms with Crippen molar-refractivity contribution in [3.63, 3.8) is 0 Å². The number of aromatic nitrogens is 2. The third kappa shape index (κ3) is 6.14. The van der Waals surface area contributed by atoms with Gasteiger partial charge in [-0.1, -0.05) is 0 Å². The SMILES string of the molecule is CN=C(NCC1CCN(S(C)(=O)=O)CC1)N1CCN(c2ncccn2)CC1.I. The number of piperazine rings is 1. The van der Waals surface area contributed by atoms with E-state index < -0.39 is 10.0 Å². The highest BCUT2D eigenvalue weighted by Gasteiger charge is 2.26. The van der Waals surface area contributed by atoms with Crippen LogP contribution in [0.25, 0.3) is 0 Å². The van der Waals surface area contributed by atoms with Crippen LogP contribution < -0.4 is 10.2 Å². The van der Waals surface area contributed by atoms with E-state index in [-0.39, 0.29) is 24.0 Å². The molecule has 2 aliphatic rings. The summed E-state index contributed by atoms with van der Waals surface area (Å²) in [6.07, 6.45) is 6.59. The number of hydrogen-bond acceptors (Lipinski definition) is 6. The minimum absolute atomic E-state index is 0. The molecule has 11 heteroatoms. The summed E-state index contributed by atoms with van der Waals surface area (Å²) in [5, 5.41) is 3.48. The number of anilines is 1. The maximum atomic E-state index is 11.6. The second kappa shape index (κ2) is 10.5. The predicted molar refractivity (Wildman–Crippen MR) is 122 cm³/mol. The number of hydrogen-bond donors (Lipinski definition) is 1. The van der Waals surface area contributed by atoms with Crippen LogP contribution in [-0.2, 0) is 10.0 Å². The largest absolute Gasteiger partial charge is 0.356 e. The number of piperidine rings is 1. The third-order valence-electron chi connectivity index (χ3n) is 5.22. The lowest BCUT2D eigenvalue weighted by Crippen LogP contribution is -2.53. The van der Waals surface area contributed by atoms with Crippen molar-refractivity contribution < 1.29 is 8.42 Å². The molecule has 1 N–H and O–H groups in total. The van der Waals surface area contributed by atoms with Gasteiger partial charge in [0.1, 0.15) is 0 Å². The molecule has 0 atom stereocenters. The Morgan fingerprint density at radius 1 is 1.14 bits per heavy atom. The van der Waals surface area contributed by atoms with Crippen LogP contribution >= 0.6 is 24.0 Å². The van der Waals surface area contributed by atoms with Crippen LogP contribution in [0.5, 0.6) is 0 Å². The van der Waals surface area contributed by atoms with Crippen molar-refractivity contribution in [1.82, 2.24) is 24.5 Å². The zero-order valence-corrected chi connectivity index (χ0v) is 19.6. The van der Waals surface area contributed by atoms with E-state index in [1.54, 1.807) is 23.7 Å². The van der Waals surface area contributed by atoms with Crippen LogP contribution in [0.2, 0.25) is 0 Å². The summed E-state index contributed by atoms with van der Waals surface area (Å²) in [5.74, 6) is 2.16. The van der Waals surface area contributed by atoms with E-state index in [0.29, 0.717) is 19.0 Å². The summed E-state index contributed by atoms with van der Waals surface area (Å²) in [7, 11) is -1.26. The van der Waals surface area contributed by atoms with Gasteiger partial charge < -0.3 is 15.1 Å². The summed E-state index contributed by atoms with van der Waals surface area (Å²) in [5.41, 5.74) is 0. The Hall–Kier alpha value is -1.21. The molecule has 0 saturated carbocycles. The highest BCUT2D eigenvalue weighted by molar-refractivity contribution is 14.0. The van der Waals surface area contributed by atoms with E-state index in [9.17, 15) is 8.42 Å². The number of nitrogens with zero attached hydrogens (tertiary/aromatic N) is 6. The summed E-state index contributed by atoms with van der Waals surface area (Å²) in [6.45, 7) is 5.50. The molecule has 0 amide bonds. The normalized spacial score (nSPS) is 20.0. The van der Waals surface area contributed by atoms with E-state index in [4.69, 9.17) is 0 Å². The fraction of sp³-hybridized carbons (Fsp3) is 0.706. The molecule has 1 aromatic heterocycles. The quantitative estimate of drug-likeness (QED) is 0.348. The van der Waals surface area contributed by atoms with E-state index in [2.05, 4.69) is 30.1 Å². The van der Waals surface area contributed by atoms with Gasteiger partial charge in [0, 0.05) is 65.3 Å². The highest BCUT2D eigenvalue weighted by Crippen LogP contribution is 2.18. The molecular formula is C17H30IN7O2S. The second-order valence-electron chi connectivity index (χ2n) is 7.06. The number of guanidine groups is 1. The first-order valence-corrected chi connectivity index (χ1v) is 11.2. The van der Waals surface area contributed by atoms with Crippen LogP contribution in [0.4, 0.5) is 5.95 Å². The topological polar surface area (TPSA) is 94.0 Å². The number of rotatable bonds is 4. The standard InChI is InChI=1S/C17H29N7O2S.HI/c1-18-16(21-14-15-4-8-24(9-5-15)27(2,25)26)22-10-12-23(13-11-22)17-19-6-3-7-20-17;/h3,6-7,15H,4-5,8-14H2,1-2H3,(H,18,21);1H. The molecule has 2 aliphatic heterocycles. The Labute approximate surface area is 184 Å². The van der Waals surface area contributed by atoms with Crippen LogP contribution in [0.3, 0.4) is 0 Å². The van der Waals surface area contributed by atoms with Crippen LogP contribution in [0.1, 0.15) is 12.8 Å². The van der Waals surface area contributed by atoms with E-state index in [1.807, 2.05) is 6.07 Å². The van der Waals surface area contributed by atoms with Crippen molar-refractivity contribution >= 4 is 45.9 Å². The van der Waals surface area contributed by atoms with Crippen LogP contribution in [-0.4, -0.2) is 92.7 Å². The van der Waals surface area contributed by atoms with Gasteiger partial charge in [0.15, 0.2) is 5.96 Å². The molecule has 28 heavy (non-hydrogen) atoms. The summed E-state index contributed by atoms with van der Waals surface area (Å²) < 4.78 is 24.8. The van der Waals surface area contributed by atoms with Crippen molar-refractivity contribution in [2.75, 3.05) is 64.0 Å². The lowest BCUT2D eigenvalue weighted by Gasteiger charge is -2.37. The van der Waals surface area contributed by atoms with E-state index in [1.165, 1.54) is 6.26 Å². The van der Waals surface area contributed by atoms with Gasteiger partial charge in [0.05, 0.1) is 6.26 Å². The fourth-order valence-electron chi connectivity index (χ4n) is 3.59. The average molecular weight is 523 g/mol. The molecule has 3 heterocycles. The lowest BCUT2D eigenvalue weighted by atomic mass is 9.98. The number of halogens is 1. The van der Waals surface area contributed by atoms with Gasteiger partial charge in [0.25, 0.3) is 0 Å². The maximum Gasteiger partial charge on any atom is 0.225 e. The fourth-order valence-corrected chi connectivity index (χ4v) is 4.46. The first-order chi connectivity index (χ1) is 13.0. The smallest absolute Gasteiger partial charge is 0.225 e. The molecule has 1 aromatic rings. The van der Waals surface area contributed by atoms with Gasteiger partial charge in [-0.2, -0.15) is 0 Å². The minimum Gasteiger partial charge on any atom is -0.356 e. The molecule has 2 fully saturated rings. The molecule has 9 nitrogen and oxygen atoms in total. The molecule has 2 saturated heterocycles. The predicted octanol–water partition coefficient (Wildman–Crippen LogP) is 0.464. The van der Waals surface area contributed by atoms with Crippen molar-refractivity contribution in [3.8, 4) is 0 Å². The highest BCUT2D eigenvalue weighted by atomic mass is 127. The molecule has 0 unspecified atom stereocenters. The van der Waals surface area contributed by atoms with Gasteiger partial charge in [0.2, 0.25) is 16.0 Å². The monoisotopic (exact) mass is 523 g/mol. The molecule has 158 valence electrons. The van der Waals surface area contributed by atoms with Crippen molar-refractivity contribution in [3.05, 3.63) is 18.5 Å². The molecular weight excluding hydrogens is 493 g/mol. The summed E-state index contributed by atoms with van der Waals surface area (Å²) in [6, 6.07) is 1.83. The van der Waals surface area contributed by atoms with Gasteiger partial charge in [-0.3, -0.25) is 4.99 Å². The van der Waals surface area contributed by atoms with Crippen molar-refractivity contribution in [2.24, 2.45) is 10.9 Å². The van der Waals surface area contributed by atoms with Crippen molar-refractivity contribution in [2.45, 2.75) is 12.8 Å². The number of nitrogens with one attached hydrogen (secondary N) is 1. The number of sulfonamides is 1. The maximum absolute atomic E-state index is 11.6. The van der Waals surface area contributed by atoms with E-state index >= 15 is 0 Å². The van der Waals surface area contributed by atoms with Gasteiger partial charge in [-0.15, -0.1) is 24.0 Å². The third-order valence-corrected chi connectivity index (χ3v) is 6.52. The summed E-state index contributed by atoms with van der Waals surface area (Å²) >= 11 is 0. The van der Waals surface area contributed by atoms with Crippen molar-refractivity contribution in [1.29, 1.82) is 0 Å². The summed E-state index contributed by atoms with van der Waals surface area (Å²) in [4.78, 5) is 17.5. The van der Waals surface area contributed by atoms with E-state index in [0.717, 1.165) is 57.5 Å². The lowest BCUT2D eigenvalue weighted by molar-refractivity contribution is 0.271. The Morgan fingerprint density at radius 2 is 1.75 bits per heavy atom. The van der Waals surface area contributed by atoms with Crippen LogP contribution in [0, 0.1) is 5.92 Å². The first-order valence-electron chi connectivity index (χ1n) is 9.40. The molecule has 0 bridgehead atoms. The Kier molecular flexibility index (Phi) is 8.68. The minimum atomic E-state index is -3.06. The Morgan fingerprint density at radius 3 is 2.29 bits per heavy atom. The van der Waals surface area contributed by atoms with Gasteiger partial charge >= 0.3 is 0 Å². The van der Waals surface area contributed by atoms with Crippen LogP contribution in [0.15, 0.2) is 23.5 Å². The zero-order chi connectivity index (χ0) is 19.3. The average Bonchev–Trinajstić information content (AvgIpc) is 2.69. The zero-order valence-electron chi connectivity index (χ0n) is 16.5. The molecule has 3 rings (SSSR count). The Balaban J connectivity index is 0.00000280. The van der Waals surface area contributed by atoms with Gasteiger partial charge in [-0.25, -0.2) is 22.7 Å². The Bertz CT molecular complexity index is 731. The van der Waals surface area contributed by atoms with Gasteiger partial charge in [-0.05, 0) is 24.8 Å². The number of aliphatic imine (C=N–C) groups is 1. The second-order valence-corrected chi connectivity index (χ2v) is 9.04. The molecule has 0 aromatic carbocycles. The molecule has 0 aliphatic carbocycles. The molecule has 0 spiro atoms. The molecule has 0 radical (unpaired) electrons.